The Morgan fingerprint density at radius 2 is 2.06 bits per heavy atom. The summed E-state index contributed by atoms with van der Waals surface area (Å²) >= 11 is 1.51. The fourth-order valence-electron chi connectivity index (χ4n) is 1.82. The van der Waals surface area contributed by atoms with Crippen molar-refractivity contribution in [3.8, 4) is 22.8 Å². The summed E-state index contributed by atoms with van der Waals surface area (Å²) in [5.41, 5.74) is 7.59. The van der Waals surface area contributed by atoms with E-state index in [1.807, 2.05) is 18.2 Å². The van der Waals surface area contributed by atoms with Crippen molar-refractivity contribution in [1.82, 2.24) is 4.98 Å². The zero-order chi connectivity index (χ0) is 13.1. The molecule has 0 atom stereocenters. The molecule has 1 aromatic heterocycles. The Morgan fingerprint density at radius 1 is 1.28 bits per heavy atom. The number of hydrogen-bond donors (Lipinski definition) is 1. The van der Waals surface area contributed by atoms with Crippen molar-refractivity contribution in [2.45, 2.75) is 13.3 Å². The number of nitrogens with two attached hydrogens (primary N) is 1. The number of nitrogens with zero attached hydrogens (tertiary/aromatic N) is 1. The summed E-state index contributed by atoms with van der Waals surface area (Å²) in [5, 5.41) is 0.576. The summed E-state index contributed by atoms with van der Waals surface area (Å²) in [7, 11) is 3.29. The van der Waals surface area contributed by atoms with Crippen LogP contribution in [0.1, 0.15) is 11.8 Å². The molecule has 1 aromatic carbocycles. The highest BCUT2D eigenvalue weighted by Crippen LogP contribution is 2.37. The van der Waals surface area contributed by atoms with Gasteiger partial charge in [-0.05, 0) is 24.6 Å². The predicted molar refractivity (Wildman–Crippen MR) is 74.4 cm³/mol. The largest absolute Gasteiger partial charge is 0.497 e. The van der Waals surface area contributed by atoms with E-state index in [2.05, 4.69) is 11.9 Å². The monoisotopic (exact) mass is 264 g/mol. The summed E-state index contributed by atoms with van der Waals surface area (Å²) in [6.07, 6.45) is 0.893. The standard InChI is InChI=1S/C13H16N2O2S/c1-4-11-12(15-13(14)18-11)9-7-8(16-2)5-6-10(9)17-3/h5-7H,4H2,1-3H3,(H2,14,15). The Balaban J connectivity index is 2.60. The smallest absolute Gasteiger partial charge is 0.180 e. The van der Waals surface area contributed by atoms with E-state index in [4.69, 9.17) is 15.2 Å². The van der Waals surface area contributed by atoms with Crippen molar-refractivity contribution in [2.75, 3.05) is 20.0 Å². The van der Waals surface area contributed by atoms with Gasteiger partial charge in [0.2, 0.25) is 0 Å². The minimum atomic E-state index is 0.576. The molecule has 0 aliphatic heterocycles. The normalized spacial score (nSPS) is 10.4. The number of benzene rings is 1. The zero-order valence-corrected chi connectivity index (χ0v) is 11.5. The lowest BCUT2D eigenvalue weighted by molar-refractivity contribution is 0.404. The molecule has 0 fully saturated rings. The third kappa shape index (κ3) is 2.26. The first kappa shape index (κ1) is 12.7. The molecule has 0 aliphatic rings. The van der Waals surface area contributed by atoms with Gasteiger partial charge in [-0.2, -0.15) is 0 Å². The maximum atomic E-state index is 5.79. The molecule has 0 saturated carbocycles. The van der Waals surface area contributed by atoms with Gasteiger partial charge in [0.1, 0.15) is 11.5 Å². The van der Waals surface area contributed by atoms with E-state index in [9.17, 15) is 0 Å². The van der Waals surface area contributed by atoms with Gasteiger partial charge >= 0.3 is 0 Å². The summed E-state index contributed by atoms with van der Waals surface area (Å²) in [6.45, 7) is 2.09. The first-order valence-corrected chi connectivity index (χ1v) is 6.48. The molecular weight excluding hydrogens is 248 g/mol. The van der Waals surface area contributed by atoms with E-state index in [0.29, 0.717) is 5.13 Å². The van der Waals surface area contributed by atoms with E-state index < -0.39 is 0 Å². The molecule has 0 amide bonds. The van der Waals surface area contributed by atoms with Crippen LogP contribution in [0.3, 0.4) is 0 Å². The maximum Gasteiger partial charge on any atom is 0.180 e. The number of aromatic nitrogens is 1. The van der Waals surface area contributed by atoms with Gasteiger partial charge in [-0.15, -0.1) is 11.3 Å². The average Bonchev–Trinajstić information content (AvgIpc) is 2.79. The van der Waals surface area contributed by atoms with Crippen molar-refractivity contribution in [3.63, 3.8) is 0 Å². The van der Waals surface area contributed by atoms with Gasteiger partial charge in [0.05, 0.1) is 19.9 Å². The van der Waals surface area contributed by atoms with Crippen LogP contribution in [0.5, 0.6) is 11.5 Å². The second-order valence-corrected chi connectivity index (χ2v) is 4.86. The first-order chi connectivity index (χ1) is 8.69. The van der Waals surface area contributed by atoms with E-state index >= 15 is 0 Å². The molecule has 2 N–H and O–H groups in total. The minimum Gasteiger partial charge on any atom is -0.497 e. The molecule has 4 nitrogen and oxygen atoms in total. The quantitative estimate of drug-likeness (QED) is 0.922. The third-order valence-electron chi connectivity index (χ3n) is 2.70. The van der Waals surface area contributed by atoms with Gasteiger partial charge < -0.3 is 15.2 Å². The lowest BCUT2D eigenvalue weighted by atomic mass is 10.1. The molecule has 0 bridgehead atoms. The lowest BCUT2D eigenvalue weighted by Crippen LogP contribution is -1.92. The third-order valence-corrected chi connectivity index (χ3v) is 3.73. The van der Waals surface area contributed by atoms with Crippen LogP contribution in [0.15, 0.2) is 18.2 Å². The van der Waals surface area contributed by atoms with Crippen LogP contribution in [-0.2, 0) is 6.42 Å². The summed E-state index contributed by atoms with van der Waals surface area (Å²) < 4.78 is 10.6. The second kappa shape index (κ2) is 5.27. The summed E-state index contributed by atoms with van der Waals surface area (Å²) in [5.74, 6) is 1.55. The van der Waals surface area contributed by atoms with Crippen LogP contribution < -0.4 is 15.2 Å². The molecule has 0 unspecified atom stereocenters. The molecular formula is C13H16N2O2S. The van der Waals surface area contributed by atoms with Crippen LogP contribution in [0.2, 0.25) is 0 Å². The molecule has 0 saturated heterocycles. The van der Waals surface area contributed by atoms with E-state index in [-0.39, 0.29) is 0 Å². The lowest BCUT2D eigenvalue weighted by Gasteiger charge is -2.09. The van der Waals surface area contributed by atoms with Crippen LogP contribution in [0.4, 0.5) is 5.13 Å². The Bertz CT molecular complexity index is 552. The maximum absolute atomic E-state index is 5.79. The van der Waals surface area contributed by atoms with Crippen molar-refractivity contribution in [2.24, 2.45) is 0 Å². The molecule has 18 heavy (non-hydrogen) atoms. The van der Waals surface area contributed by atoms with Crippen LogP contribution in [0, 0.1) is 0 Å². The number of nitrogen functional groups attached to an aromatic ring is 1. The molecule has 2 rings (SSSR count). The highest BCUT2D eigenvalue weighted by molar-refractivity contribution is 7.15. The van der Waals surface area contributed by atoms with Gasteiger partial charge in [0.25, 0.3) is 0 Å². The number of thiazole rings is 1. The Hall–Kier alpha value is -1.75. The Labute approximate surface area is 110 Å². The van der Waals surface area contributed by atoms with Gasteiger partial charge in [0.15, 0.2) is 5.13 Å². The topological polar surface area (TPSA) is 57.4 Å². The zero-order valence-electron chi connectivity index (χ0n) is 10.7. The summed E-state index contributed by atoms with van der Waals surface area (Å²) in [6, 6.07) is 5.67. The molecule has 1 heterocycles. The molecule has 0 aliphatic carbocycles. The molecule has 0 spiro atoms. The van der Waals surface area contributed by atoms with Crippen molar-refractivity contribution in [1.29, 1.82) is 0 Å². The number of rotatable bonds is 4. The number of hydrogen-bond acceptors (Lipinski definition) is 5. The molecule has 2 aromatic rings. The first-order valence-electron chi connectivity index (χ1n) is 5.67. The van der Waals surface area contributed by atoms with E-state index in [1.54, 1.807) is 14.2 Å². The second-order valence-electron chi connectivity index (χ2n) is 3.74. The van der Waals surface area contributed by atoms with Gasteiger partial charge in [-0.1, -0.05) is 6.92 Å². The molecule has 96 valence electrons. The number of aryl methyl sites for hydroxylation is 1. The van der Waals surface area contributed by atoms with Gasteiger partial charge in [-0.3, -0.25) is 0 Å². The van der Waals surface area contributed by atoms with Crippen molar-refractivity contribution < 1.29 is 9.47 Å². The van der Waals surface area contributed by atoms with Crippen molar-refractivity contribution >= 4 is 16.5 Å². The minimum absolute atomic E-state index is 0.576. The molecule has 0 radical (unpaired) electrons. The fourth-order valence-corrected chi connectivity index (χ4v) is 2.61. The Kier molecular flexibility index (Phi) is 3.72. The molecule has 5 heteroatoms. The predicted octanol–water partition coefficient (Wildman–Crippen LogP) is 2.97. The number of anilines is 1. The highest BCUT2D eigenvalue weighted by atomic mass is 32.1. The highest BCUT2D eigenvalue weighted by Gasteiger charge is 2.15. The average molecular weight is 264 g/mol. The van der Waals surface area contributed by atoms with Gasteiger partial charge in [-0.25, -0.2) is 4.98 Å². The SMILES string of the molecule is CCc1sc(N)nc1-c1cc(OC)ccc1OC. The Morgan fingerprint density at radius 3 is 2.67 bits per heavy atom. The van der Waals surface area contributed by atoms with Crippen LogP contribution in [0.25, 0.3) is 11.3 Å². The number of methoxy groups -OCH3 is 2. The number of ether oxygens (including phenoxy) is 2. The van der Waals surface area contributed by atoms with Crippen LogP contribution in [-0.4, -0.2) is 19.2 Å². The van der Waals surface area contributed by atoms with E-state index in [0.717, 1.165) is 34.1 Å². The van der Waals surface area contributed by atoms with Crippen LogP contribution >= 0.6 is 11.3 Å². The van der Waals surface area contributed by atoms with Gasteiger partial charge in [0, 0.05) is 10.4 Å². The van der Waals surface area contributed by atoms with E-state index in [1.165, 1.54) is 11.3 Å². The summed E-state index contributed by atoms with van der Waals surface area (Å²) in [4.78, 5) is 5.55. The van der Waals surface area contributed by atoms with Crippen molar-refractivity contribution in [3.05, 3.63) is 23.1 Å². The fraction of sp³-hybridized carbons (Fsp3) is 0.308.